The molecule has 7 nitrogen and oxygen atoms in total. The second-order valence-electron chi connectivity index (χ2n) is 7.11. The van der Waals surface area contributed by atoms with Crippen molar-refractivity contribution < 1.29 is 14.4 Å². The second-order valence-corrected chi connectivity index (χ2v) is 7.11. The van der Waals surface area contributed by atoms with Gasteiger partial charge in [-0.15, -0.1) is 0 Å². The van der Waals surface area contributed by atoms with E-state index in [-0.39, 0.29) is 36.1 Å². The summed E-state index contributed by atoms with van der Waals surface area (Å²) in [4.78, 5) is 35.8. The van der Waals surface area contributed by atoms with Crippen molar-refractivity contribution in [2.45, 2.75) is 58.2 Å². The topological polar surface area (TPSA) is 113 Å². The van der Waals surface area contributed by atoms with Gasteiger partial charge in [-0.25, -0.2) is 0 Å². The Morgan fingerprint density at radius 1 is 1.04 bits per heavy atom. The number of nitrogens with one attached hydrogen (secondary N) is 3. The zero-order valence-corrected chi connectivity index (χ0v) is 15.3. The standard InChI is InChI=1S/C18H28N4O3/c1-12(17(25)21-14-8-6-5-7-9-14)20-15(23)10-13(19)11-16(24)22-18(2,3)4/h5-9,12-13H,10-11,19H2,1-4H3,(H,20,23)(H,21,25)(H,22,24)/t12-,13?/m0/s1. The van der Waals surface area contributed by atoms with Crippen LogP contribution >= 0.6 is 0 Å². The van der Waals surface area contributed by atoms with Gasteiger partial charge in [-0.3, -0.25) is 14.4 Å². The van der Waals surface area contributed by atoms with E-state index in [9.17, 15) is 14.4 Å². The van der Waals surface area contributed by atoms with Crippen LogP contribution in [0.4, 0.5) is 5.69 Å². The van der Waals surface area contributed by atoms with E-state index in [4.69, 9.17) is 5.73 Å². The van der Waals surface area contributed by atoms with Crippen molar-refractivity contribution in [1.82, 2.24) is 10.6 Å². The summed E-state index contributed by atoms with van der Waals surface area (Å²) < 4.78 is 0. The lowest BCUT2D eigenvalue weighted by molar-refractivity contribution is -0.127. The molecule has 1 aromatic carbocycles. The summed E-state index contributed by atoms with van der Waals surface area (Å²) in [7, 11) is 0. The fourth-order valence-electron chi connectivity index (χ4n) is 2.16. The number of rotatable bonds is 7. The smallest absolute Gasteiger partial charge is 0.246 e. The molecule has 1 aromatic rings. The Bertz CT molecular complexity index is 596. The molecule has 1 unspecified atom stereocenters. The molecule has 0 aliphatic rings. The van der Waals surface area contributed by atoms with E-state index in [1.807, 2.05) is 26.8 Å². The van der Waals surface area contributed by atoms with Crippen molar-refractivity contribution in [2.75, 3.05) is 5.32 Å². The summed E-state index contributed by atoms with van der Waals surface area (Å²) in [6.45, 7) is 7.20. The van der Waals surface area contributed by atoms with Crippen LogP contribution in [0.3, 0.4) is 0 Å². The number of amides is 3. The lowest BCUT2D eigenvalue weighted by Crippen LogP contribution is -2.45. The van der Waals surface area contributed by atoms with Crippen molar-refractivity contribution in [1.29, 1.82) is 0 Å². The Labute approximate surface area is 148 Å². The first-order valence-electron chi connectivity index (χ1n) is 8.28. The molecule has 7 heteroatoms. The van der Waals surface area contributed by atoms with Crippen LogP contribution in [0.2, 0.25) is 0 Å². The summed E-state index contributed by atoms with van der Waals surface area (Å²) in [6, 6.07) is 7.67. The molecule has 5 N–H and O–H groups in total. The van der Waals surface area contributed by atoms with Gasteiger partial charge in [0.15, 0.2) is 0 Å². The summed E-state index contributed by atoms with van der Waals surface area (Å²) in [5, 5.41) is 8.09. The molecule has 138 valence electrons. The number of hydrogen-bond acceptors (Lipinski definition) is 4. The molecule has 25 heavy (non-hydrogen) atoms. The van der Waals surface area contributed by atoms with Crippen molar-refractivity contribution in [3.05, 3.63) is 30.3 Å². The molecule has 0 spiro atoms. The average Bonchev–Trinajstić information content (AvgIpc) is 2.45. The first-order valence-corrected chi connectivity index (χ1v) is 8.28. The maximum absolute atomic E-state index is 12.0. The van der Waals surface area contributed by atoms with Gasteiger partial charge in [0.2, 0.25) is 17.7 Å². The molecule has 1 rings (SSSR count). The van der Waals surface area contributed by atoms with Crippen LogP contribution in [0.15, 0.2) is 30.3 Å². The van der Waals surface area contributed by atoms with Crippen LogP contribution in [-0.2, 0) is 14.4 Å². The van der Waals surface area contributed by atoms with Gasteiger partial charge < -0.3 is 21.7 Å². The average molecular weight is 348 g/mol. The molecule has 0 fully saturated rings. The van der Waals surface area contributed by atoms with Gasteiger partial charge in [0.1, 0.15) is 6.04 Å². The molecule has 0 saturated heterocycles. The first-order chi connectivity index (χ1) is 11.6. The predicted molar refractivity (Wildman–Crippen MR) is 97.8 cm³/mol. The fourth-order valence-corrected chi connectivity index (χ4v) is 2.16. The number of anilines is 1. The summed E-state index contributed by atoms with van der Waals surface area (Å²) in [5.74, 6) is -0.895. The third-order valence-corrected chi connectivity index (χ3v) is 3.22. The lowest BCUT2D eigenvalue weighted by atomic mass is 10.1. The number of nitrogens with two attached hydrogens (primary N) is 1. The Balaban J connectivity index is 2.39. The van der Waals surface area contributed by atoms with E-state index < -0.39 is 12.1 Å². The van der Waals surface area contributed by atoms with Crippen LogP contribution in [0.25, 0.3) is 0 Å². The zero-order valence-electron chi connectivity index (χ0n) is 15.3. The minimum absolute atomic E-state index is 0.0273. The van der Waals surface area contributed by atoms with Gasteiger partial charge >= 0.3 is 0 Å². The van der Waals surface area contributed by atoms with Crippen LogP contribution in [0.5, 0.6) is 0 Å². The van der Waals surface area contributed by atoms with E-state index in [1.54, 1.807) is 31.2 Å². The Kier molecular flexibility index (Phi) is 7.57. The van der Waals surface area contributed by atoms with E-state index in [0.717, 1.165) is 0 Å². The van der Waals surface area contributed by atoms with Crippen LogP contribution in [0, 0.1) is 0 Å². The lowest BCUT2D eigenvalue weighted by Gasteiger charge is -2.22. The van der Waals surface area contributed by atoms with Crippen LogP contribution in [0.1, 0.15) is 40.5 Å². The van der Waals surface area contributed by atoms with Crippen molar-refractivity contribution in [3.8, 4) is 0 Å². The number of carbonyl (C=O) groups is 3. The molecule has 0 radical (unpaired) electrons. The summed E-state index contributed by atoms with van der Waals surface area (Å²) in [5.41, 5.74) is 6.16. The molecule has 3 amide bonds. The molecule has 0 saturated carbocycles. The van der Waals surface area contributed by atoms with E-state index in [1.165, 1.54) is 0 Å². The van der Waals surface area contributed by atoms with Gasteiger partial charge in [0.05, 0.1) is 0 Å². The summed E-state index contributed by atoms with van der Waals surface area (Å²) >= 11 is 0. The second kappa shape index (κ2) is 9.17. The Morgan fingerprint density at radius 3 is 2.16 bits per heavy atom. The van der Waals surface area contributed by atoms with Gasteiger partial charge in [-0.1, -0.05) is 18.2 Å². The van der Waals surface area contributed by atoms with Gasteiger partial charge in [0.25, 0.3) is 0 Å². The van der Waals surface area contributed by atoms with Crippen LogP contribution in [-0.4, -0.2) is 35.3 Å². The highest BCUT2D eigenvalue weighted by molar-refractivity contribution is 5.96. The minimum Gasteiger partial charge on any atom is -0.351 e. The Morgan fingerprint density at radius 2 is 1.60 bits per heavy atom. The zero-order chi connectivity index (χ0) is 19.0. The van der Waals surface area contributed by atoms with Crippen molar-refractivity contribution in [2.24, 2.45) is 5.73 Å². The molecular weight excluding hydrogens is 320 g/mol. The summed E-state index contributed by atoms with van der Waals surface area (Å²) in [6.07, 6.45) is 0.0236. The van der Waals surface area contributed by atoms with Gasteiger partial charge in [-0.2, -0.15) is 0 Å². The molecule has 0 aliphatic carbocycles. The molecule has 0 heterocycles. The normalized spacial score (nSPS) is 13.5. The highest BCUT2D eigenvalue weighted by atomic mass is 16.2. The molecule has 0 aliphatic heterocycles. The van der Waals surface area contributed by atoms with Crippen molar-refractivity contribution >= 4 is 23.4 Å². The first kappa shape index (κ1) is 20.6. The molecular formula is C18H28N4O3. The number of hydrogen-bond donors (Lipinski definition) is 4. The molecule has 0 aromatic heterocycles. The number of carbonyl (C=O) groups excluding carboxylic acids is 3. The number of para-hydroxylation sites is 1. The highest BCUT2D eigenvalue weighted by Crippen LogP contribution is 2.06. The van der Waals surface area contributed by atoms with E-state index in [0.29, 0.717) is 5.69 Å². The van der Waals surface area contributed by atoms with Gasteiger partial charge in [-0.05, 0) is 39.8 Å². The minimum atomic E-state index is -0.705. The van der Waals surface area contributed by atoms with E-state index >= 15 is 0 Å². The highest BCUT2D eigenvalue weighted by Gasteiger charge is 2.20. The quantitative estimate of drug-likeness (QED) is 0.592. The maximum atomic E-state index is 12.0. The maximum Gasteiger partial charge on any atom is 0.246 e. The fraction of sp³-hybridized carbons (Fsp3) is 0.500. The molecule has 0 bridgehead atoms. The third kappa shape index (κ3) is 8.85. The SMILES string of the molecule is C[C@H](NC(=O)CC(N)CC(=O)NC(C)(C)C)C(=O)Nc1ccccc1. The monoisotopic (exact) mass is 348 g/mol. The van der Waals surface area contributed by atoms with Crippen LogP contribution < -0.4 is 21.7 Å². The molecule has 2 atom stereocenters. The van der Waals surface area contributed by atoms with Crippen molar-refractivity contribution in [3.63, 3.8) is 0 Å². The Hall–Kier alpha value is -2.41. The largest absolute Gasteiger partial charge is 0.351 e. The van der Waals surface area contributed by atoms with Gasteiger partial charge in [0, 0.05) is 30.1 Å². The van der Waals surface area contributed by atoms with E-state index in [2.05, 4.69) is 16.0 Å². The number of benzene rings is 1. The third-order valence-electron chi connectivity index (χ3n) is 3.22. The predicted octanol–water partition coefficient (Wildman–Crippen LogP) is 1.15.